The van der Waals surface area contributed by atoms with Crippen molar-refractivity contribution in [1.29, 1.82) is 0 Å². The molecule has 0 amide bonds. The maximum absolute atomic E-state index is 4.56. The molecule has 21 aromatic rings. The second-order valence-corrected chi connectivity index (χ2v) is 33.9. The van der Waals surface area contributed by atoms with Gasteiger partial charge in [0.2, 0.25) is 0 Å². The molecule has 25 rings (SSSR count). The van der Waals surface area contributed by atoms with Crippen LogP contribution in [0, 0.1) is 24.3 Å². The Kier molecular flexibility index (Phi) is 21.9. The van der Waals surface area contributed by atoms with E-state index in [9.17, 15) is 0 Å². The maximum atomic E-state index is 4.56. The van der Waals surface area contributed by atoms with Gasteiger partial charge < -0.3 is 29.1 Å². The number of rotatable bonds is 12. The summed E-state index contributed by atoms with van der Waals surface area (Å²) in [7, 11) is 0. The summed E-state index contributed by atoms with van der Waals surface area (Å²) in [5.41, 5.74) is 41.6. The van der Waals surface area contributed by atoms with Crippen molar-refractivity contribution < 1.29 is 40.2 Å². The van der Waals surface area contributed by atoms with Crippen LogP contribution >= 0.6 is 0 Å². The van der Waals surface area contributed by atoms with E-state index in [1.165, 1.54) is 218 Å². The van der Waals surface area contributed by atoms with Crippen molar-refractivity contribution in [3.8, 4) is 145 Å². The SMILES string of the molecule is [Ir].[Ir].[c-]1cc(-c2ccccn2)[c-]cc1-c1ccccn1.[c-]1ccc(-c2cccc(-c3ccc4c(c3)C3(CCCC3)c3cc(-c5ccc(-n6c7ccccc7c7ccccc76)cc5)ccc3-4)c2)cc1-c1ccccn1.[c-]1ccc(-c2cccc(-c3ccc4c(c3)C3(CCCC3)c3cc(-c5ccc(-n6c7ccccc7c7ccccc76)cc5)ccc3-4)c2)cc1-c1ccccn1. The quantitative estimate of drug-likeness (QED) is 0.114. The van der Waals surface area contributed by atoms with E-state index in [2.05, 4.69) is 345 Å². The molecule has 0 unspecified atom stereocenters. The van der Waals surface area contributed by atoms with Crippen LogP contribution in [0.25, 0.3) is 189 Å². The normalized spacial score (nSPS) is 13.4. The number of pyridine rings is 4. The molecule has 128 heavy (non-hydrogen) atoms. The first-order valence-electron chi connectivity index (χ1n) is 44.0. The Morgan fingerprint density at radius 2 is 0.484 bits per heavy atom. The third-order valence-electron chi connectivity index (χ3n) is 26.9. The molecule has 0 bridgehead atoms. The molecule has 2 fully saturated rings. The molecule has 6 aromatic heterocycles. The fourth-order valence-electron chi connectivity index (χ4n) is 20.9. The van der Waals surface area contributed by atoms with Crippen LogP contribution in [-0.2, 0) is 51.0 Å². The minimum Gasteiger partial charge on any atom is -0.315 e. The average Bonchev–Trinajstić information content (AvgIpc) is 1.56. The zero-order valence-corrected chi connectivity index (χ0v) is 75.1. The van der Waals surface area contributed by atoms with Gasteiger partial charge in [-0.15, -0.1) is 70.8 Å². The summed E-state index contributed by atoms with van der Waals surface area (Å²) < 4.78 is 4.79. The van der Waals surface area contributed by atoms with E-state index in [0.29, 0.717) is 0 Å². The number of fused-ring (bicyclic) bond motifs is 16. The van der Waals surface area contributed by atoms with Crippen molar-refractivity contribution >= 4 is 43.6 Å². The number of benzene rings is 15. The Labute approximate surface area is 773 Å². The Balaban J connectivity index is 0.000000129. The van der Waals surface area contributed by atoms with Crippen molar-refractivity contribution in [3.05, 3.63) is 460 Å². The van der Waals surface area contributed by atoms with Crippen LogP contribution in [-0.4, -0.2) is 29.1 Å². The molecule has 6 heterocycles. The van der Waals surface area contributed by atoms with Gasteiger partial charge in [0.15, 0.2) is 0 Å². The summed E-state index contributed by atoms with van der Waals surface area (Å²) >= 11 is 0. The van der Waals surface area contributed by atoms with E-state index in [0.717, 1.165) is 45.0 Å². The van der Waals surface area contributed by atoms with Crippen molar-refractivity contribution in [2.45, 2.75) is 62.2 Å². The molecule has 0 N–H and O–H groups in total. The van der Waals surface area contributed by atoms with E-state index in [-0.39, 0.29) is 51.0 Å². The number of para-hydroxylation sites is 4. The minimum atomic E-state index is 0. The van der Waals surface area contributed by atoms with E-state index >= 15 is 0 Å². The Morgan fingerprint density at radius 3 is 0.781 bits per heavy atom. The second-order valence-electron chi connectivity index (χ2n) is 33.9. The summed E-state index contributed by atoms with van der Waals surface area (Å²) in [6, 6.07) is 154. The van der Waals surface area contributed by atoms with Crippen LogP contribution in [0.2, 0.25) is 0 Å². The summed E-state index contributed by atoms with van der Waals surface area (Å²) in [5, 5.41) is 5.16. The predicted octanol–water partition coefficient (Wildman–Crippen LogP) is 30.4. The number of hydrogen-bond donors (Lipinski definition) is 0. The fourth-order valence-corrected chi connectivity index (χ4v) is 20.9. The molecule has 15 aromatic carbocycles. The summed E-state index contributed by atoms with van der Waals surface area (Å²) in [6.45, 7) is 0. The molecule has 2 spiro atoms. The van der Waals surface area contributed by atoms with Crippen molar-refractivity contribution in [3.63, 3.8) is 0 Å². The van der Waals surface area contributed by atoms with Gasteiger partial charge in [0.1, 0.15) is 0 Å². The van der Waals surface area contributed by atoms with Gasteiger partial charge in [0, 0.05) is 109 Å². The van der Waals surface area contributed by atoms with Crippen molar-refractivity contribution in [2.75, 3.05) is 0 Å². The second kappa shape index (κ2) is 34.6. The fraction of sp³-hybridized carbons (Fsp3) is 0.0833. The van der Waals surface area contributed by atoms with Crippen LogP contribution in [0.15, 0.2) is 413 Å². The molecule has 616 valence electrons. The Hall–Kier alpha value is -14.2. The number of aromatic nitrogens is 6. The topological polar surface area (TPSA) is 61.4 Å². The monoisotopic (exact) mass is 1990 g/mol. The molecule has 4 aliphatic rings. The molecule has 6 nitrogen and oxygen atoms in total. The standard InChI is InChI=1S/2C52H37N2.C16H10N2.2Ir/c2*1-3-18-50-45(15-1)46-16-2-4-19-51(46)54(50)42-24-20-35(21-25-42)39-22-26-43-44-27-23-40(34-48(44)52(47(43)33-39)28-6-7-29-52)37-12-9-11-36(31-37)38-13-10-14-41(32-38)49-17-5-8-30-53-49;1-3-11-17-15(5-1)13-7-9-14(10-8-13)16-6-2-4-12-18-16;;/h2*1-5,8-13,15-27,30-34H,6-7,28-29H2;1-7,10-12H;;/q2*-1;-2;;. The first kappa shape index (κ1) is 80.9. The van der Waals surface area contributed by atoms with Crippen molar-refractivity contribution in [1.82, 2.24) is 29.1 Å². The summed E-state index contributed by atoms with van der Waals surface area (Å²) in [6.07, 6.45) is 17.1. The van der Waals surface area contributed by atoms with Crippen LogP contribution in [0.5, 0.6) is 0 Å². The van der Waals surface area contributed by atoms with E-state index in [4.69, 9.17) is 0 Å². The molecule has 0 aliphatic heterocycles. The van der Waals surface area contributed by atoms with Gasteiger partial charge in [-0.3, -0.25) is 0 Å². The number of hydrogen-bond acceptors (Lipinski definition) is 4. The molecule has 2 radical (unpaired) electrons. The first-order chi connectivity index (χ1) is 62.4. The van der Waals surface area contributed by atoms with E-state index in [1.807, 2.05) is 109 Å². The zero-order chi connectivity index (χ0) is 83.5. The van der Waals surface area contributed by atoms with Gasteiger partial charge >= 0.3 is 0 Å². The Morgan fingerprint density at radius 1 is 0.219 bits per heavy atom. The molecule has 8 heteroatoms. The van der Waals surface area contributed by atoms with Crippen molar-refractivity contribution in [2.24, 2.45) is 0 Å². The average molecular weight is 1990 g/mol. The third-order valence-corrected chi connectivity index (χ3v) is 26.9. The molecular weight excluding hydrogens is 1910 g/mol. The van der Waals surface area contributed by atoms with Gasteiger partial charge in [-0.2, -0.15) is 0 Å². The first-order valence-corrected chi connectivity index (χ1v) is 44.0. The van der Waals surface area contributed by atoms with Crippen LogP contribution in [0.3, 0.4) is 0 Å². The number of nitrogens with zero attached hydrogens (tertiary/aromatic N) is 6. The Bertz CT molecular complexity index is 7120. The summed E-state index contributed by atoms with van der Waals surface area (Å²) in [4.78, 5) is 17.7. The van der Waals surface area contributed by atoms with Crippen LogP contribution in [0.1, 0.15) is 73.6 Å². The van der Waals surface area contributed by atoms with E-state index < -0.39 is 0 Å². The van der Waals surface area contributed by atoms with Gasteiger partial charge in [-0.25, -0.2) is 35.4 Å². The molecule has 0 saturated heterocycles. The molecular formula is C120H84Ir2N6-4. The smallest absolute Gasteiger partial charge is 0.0541 e. The van der Waals surface area contributed by atoms with Crippen LogP contribution in [0.4, 0.5) is 0 Å². The maximum Gasteiger partial charge on any atom is 0.0541 e. The summed E-state index contributed by atoms with van der Waals surface area (Å²) in [5.74, 6) is 0. The van der Waals surface area contributed by atoms with Gasteiger partial charge in [0.05, 0.1) is 22.1 Å². The minimum absolute atomic E-state index is 0. The molecule has 2 saturated carbocycles. The molecule has 4 aliphatic carbocycles. The predicted molar refractivity (Wildman–Crippen MR) is 518 cm³/mol. The van der Waals surface area contributed by atoms with Crippen LogP contribution < -0.4 is 0 Å². The van der Waals surface area contributed by atoms with Gasteiger partial charge in [-0.05, 0) is 246 Å². The molecule has 0 atom stereocenters. The van der Waals surface area contributed by atoms with Gasteiger partial charge in [-0.1, -0.05) is 268 Å². The van der Waals surface area contributed by atoms with E-state index in [1.54, 1.807) is 12.4 Å². The largest absolute Gasteiger partial charge is 0.315 e. The van der Waals surface area contributed by atoms with Gasteiger partial charge in [0.25, 0.3) is 0 Å². The zero-order valence-electron chi connectivity index (χ0n) is 70.3. The third kappa shape index (κ3) is 14.7.